The van der Waals surface area contributed by atoms with Crippen LogP contribution in [0.3, 0.4) is 0 Å². The summed E-state index contributed by atoms with van der Waals surface area (Å²) in [5.74, 6) is 1.21. The monoisotopic (exact) mass is 375 g/mol. The third-order valence-electron chi connectivity index (χ3n) is 5.52. The smallest absolute Gasteiger partial charge is 0.119 e. The fourth-order valence-electron chi connectivity index (χ4n) is 4.25. The SMILES string of the molecule is CCCN(CCc1cccc(O)c1)[C@H]1CCc2c(O)cccc2[C@H]1C.Cl. The van der Waals surface area contributed by atoms with E-state index in [0.29, 0.717) is 23.5 Å². The van der Waals surface area contributed by atoms with Gasteiger partial charge in [-0.2, -0.15) is 0 Å². The summed E-state index contributed by atoms with van der Waals surface area (Å²) in [4.78, 5) is 2.60. The number of nitrogens with zero attached hydrogens (tertiary/aromatic N) is 1. The largest absolute Gasteiger partial charge is 0.508 e. The number of benzene rings is 2. The average Bonchev–Trinajstić information content (AvgIpc) is 2.60. The molecule has 2 aromatic rings. The number of hydrogen-bond acceptors (Lipinski definition) is 3. The number of halogens is 1. The molecule has 0 spiro atoms. The highest BCUT2D eigenvalue weighted by Gasteiger charge is 2.31. The van der Waals surface area contributed by atoms with Gasteiger partial charge in [0, 0.05) is 12.6 Å². The van der Waals surface area contributed by atoms with Crippen LogP contribution in [0.1, 0.15) is 49.3 Å². The van der Waals surface area contributed by atoms with Crippen LogP contribution in [0.15, 0.2) is 42.5 Å². The highest BCUT2D eigenvalue weighted by atomic mass is 35.5. The Morgan fingerprint density at radius 2 is 1.85 bits per heavy atom. The lowest BCUT2D eigenvalue weighted by molar-refractivity contribution is 0.160. The van der Waals surface area contributed by atoms with Crippen molar-refractivity contribution in [2.24, 2.45) is 0 Å². The second-order valence-electron chi connectivity index (χ2n) is 7.20. The minimum atomic E-state index is 0. The van der Waals surface area contributed by atoms with Gasteiger partial charge in [-0.1, -0.05) is 38.1 Å². The van der Waals surface area contributed by atoms with Gasteiger partial charge in [0.05, 0.1) is 0 Å². The summed E-state index contributed by atoms with van der Waals surface area (Å²) in [5.41, 5.74) is 3.62. The molecule has 0 aliphatic heterocycles. The molecule has 0 saturated heterocycles. The first kappa shape index (κ1) is 20.6. The molecule has 0 bridgehead atoms. The van der Waals surface area contributed by atoms with E-state index in [4.69, 9.17) is 0 Å². The van der Waals surface area contributed by atoms with Crippen LogP contribution in [0.5, 0.6) is 11.5 Å². The molecule has 0 aromatic heterocycles. The Kier molecular flexibility index (Phi) is 7.36. The maximum absolute atomic E-state index is 10.1. The molecule has 142 valence electrons. The van der Waals surface area contributed by atoms with Crippen LogP contribution in [-0.2, 0) is 12.8 Å². The third-order valence-corrected chi connectivity index (χ3v) is 5.52. The third kappa shape index (κ3) is 4.52. The average molecular weight is 376 g/mol. The van der Waals surface area contributed by atoms with Gasteiger partial charge in [0.25, 0.3) is 0 Å². The predicted octanol–water partition coefficient (Wildman–Crippen LogP) is 4.89. The molecule has 0 fully saturated rings. The quantitative estimate of drug-likeness (QED) is 0.755. The fraction of sp³-hybridized carbons (Fsp3) is 0.455. The Bertz CT molecular complexity index is 719. The van der Waals surface area contributed by atoms with Gasteiger partial charge in [-0.15, -0.1) is 12.4 Å². The summed E-state index contributed by atoms with van der Waals surface area (Å²) < 4.78 is 0. The molecule has 0 amide bonds. The van der Waals surface area contributed by atoms with Crippen LogP contribution in [0.2, 0.25) is 0 Å². The van der Waals surface area contributed by atoms with Crippen LogP contribution in [-0.4, -0.2) is 34.2 Å². The van der Waals surface area contributed by atoms with Crippen molar-refractivity contribution in [3.63, 3.8) is 0 Å². The molecule has 0 heterocycles. The molecule has 2 N–H and O–H groups in total. The first-order valence-electron chi connectivity index (χ1n) is 9.43. The molecule has 0 radical (unpaired) electrons. The highest BCUT2D eigenvalue weighted by Crippen LogP contribution is 2.38. The van der Waals surface area contributed by atoms with E-state index in [9.17, 15) is 10.2 Å². The Hall–Kier alpha value is -1.71. The Labute approximate surface area is 163 Å². The maximum atomic E-state index is 10.1. The van der Waals surface area contributed by atoms with Crippen molar-refractivity contribution in [3.8, 4) is 11.5 Å². The Morgan fingerprint density at radius 1 is 1.08 bits per heavy atom. The number of rotatable bonds is 6. The summed E-state index contributed by atoms with van der Waals surface area (Å²) in [6.45, 7) is 6.61. The number of phenols is 2. The first-order valence-corrected chi connectivity index (χ1v) is 9.43. The summed E-state index contributed by atoms with van der Waals surface area (Å²) in [7, 11) is 0. The van der Waals surface area contributed by atoms with Crippen molar-refractivity contribution in [3.05, 3.63) is 59.2 Å². The summed E-state index contributed by atoms with van der Waals surface area (Å²) in [6, 6.07) is 14.0. The van der Waals surface area contributed by atoms with Crippen molar-refractivity contribution in [2.45, 2.75) is 51.5 Å². The van der Waals surface area contributed by atoms with E-state index < -0.39 is 0 Å². The zero-order valence-corrected chi connectivity index (χ0v) is 16.5. The lowest BCUT2D eigenvalue weighted by Crippen LogP contribution is -2.43. The molecular formula is C22H30ClNO2. The number of fused-ring (bicyclic) bond motifs is 1. The predicted molar refractivity (Wildman–Crippen MR) is 110 cm³/mol. The minimum absolute atomic E-state index is 0. The van der Waals surface area contributed by atoms with E-state index in [1.165, 1.54) is 11.1 Å². The number of phenolic OH excluding ortho intramolecular Hbond substituents is 2. The molecule has 26 heavy (non-hydrogen) atoms. The zero-order chi connectivity index (χ0) is 17.8. The molecule has 3 nitrogen and oxygen atoms in total. The van der Waals surface area contributed by atoms with Gasteiger partial charge in [0.15, 0.2) is 0 Å². The molecular weight excluding hydrogens is 346 g/mol. The van der Waals surface area contributed by atoms with Crippen molar-refractivity contribution >= 4 is 12.4 Å². The maximum Gasteiger partial charge on any atom is 0.119 e. The summed E-state index contributed by atoms with van der Waals surface area (Å²) in [5, 5.41) is 19.8. The summed E-state index contributed by atoms with van der Waals surface area (Å²) in [6.07, 6.45) is 4.12. The van der Waals surface area contributed by atoms with Gasteiger partial charge in [0.1, 0.15) is 11.5 Å². The second-order valence-corrected chi connectivity index (χ2v) is 7.20. The topological polar surface area (TPSA) is 43.7 Å². The molecule has 4 heteroatoms. The lowest BCUT2D eigenvalue weighted by atomic mass is 9.79. The molecule has 0 unspecified atom stereocenters. The fourth-order valence-corrected chi connectivity index (χ4v) is 4.25. The van der Waals surface area contributed by atoms with E-state index in [2.05, 4.69) is 30.9 Å². The van der Waals surface area contributed by atoms with E-state index in [1.54, 1.807) is 12.1 Å². The standard InChI is InChI=1S/C22H29NO2.ClH/c1-3-13-23(14-12-17-6-4-7-18(24)15-17)21-11-10-20-19(16(21)2)8-5-9-22(20)25;/h4-9,15-16,21,24-25H,3,10-14H2,1-2H3;1H/t16-,21+;/m1./s1. The van der Waals surface area contributed by atoms with Crippen molar-refractivity contribution in [2.75, 3.05) is 13.1 Å². The van der Waals surface area contributed by atoms with E-state index in [1.807, 2.05) is 18.2 Å². The Morgan fingerprint density at radius 3 is 2.58 bits per heavy atom. The van der Waals surface area contributed by atoms with E-state index >= 15 is 0 Å². The van der Waals surface area contributed by atoms with Crippen LogP contribution in [0.25, 0.3) is 0 Å². The zero-order valence-electron chi connectivity index (χ0n) is 15.7. The second kappa shape index (κ2) is 9.29. The molecule has 2 aromatic carbocycles. The van der Waals surface area contributed by atoms with Gasteiger partial charge >= 0.3 is 0 Å². The molecule has 1 aliphatic carbocycles. The minimum Gasteiger partial charge on any atom is -0.508 e. The van der Waals surface area contributed by atoms with Crippen molar-refractivity contribution in [1.82, 2.24) is 4.90 Å². The lowest BCUT2D eigenvalue weighted by Gasteiger charge is -2.40. The van der Waals surface area contributed by atoms with Gasteiger partial charge in [-0.05, 0) is 73.0 Å². The molecule has 1 aliphatic rings. The van der Waals surface area contributed by atoms with E-state index in [0.717, 1.165) is 44.3 Å². The van der Waals surface area contributed by atoms with Crippen LogP contribution >= 0.6 is 12.4 Å². The van der Waals surface area contributed by atoms with Crippen molar-refractivity contribution < 1.29 is 10.2 Å². The molecule has 0 saturated carbocycles. The summed E-state index contributed by atoms with van der Waals surface area (Å²) >= 11 is 0. The van der Waals surface area contributed by atoms with Crippen molar-refractivity contribution in [1.29, 1.82) is 0 Å². The number of hydrogen-bond donors (Lipinski definition) is 2. The van der Waals surface area contributed by atoms with E-state index in [-0.39, 0.29) is 12.4 Å². The first-order chi connectivity index (χ1) is 12.1. The van der Waals surface area contributed by atoms with Gasteiger partial charge in [-0.3, -0.25) is 4.90 Å². The normalized spacial score (nSPS) is 19.0. The molecule has 3 rings (SSSR count). The van der Waals surface area contributed by atoms with Gasteiger partial charge in [0.2, 0.25) is 0 Å². The van der Waals surface area contributed by atoms with Crippen LogP contribution in [0.4, 0.5) is 0 Å². The van der Waals surface area contributed by atoms with Gasteiger partial charge < -0.3 is 10.2 Å². The highest BCUT2D eigenvalue weighted by molar-refractivity contribution is 5.85. The Balaban J connectivity index is 0.00000243. The number of aromatic hydroxyl groups is 2. The van der Waals surface area contributed by atoms with Crippen LogP contribution < -0.4 is 0 Å². The molecule has 2 atom stereocenters. The van der Waals surface area contributed by atoms with Crippen LogP contribution in [0, 0.1) is 0 Å². The van der Waals surface area contributed by atoms with Gasteiger partial charge in [-0.25, -0.2) is 0 Å².